The molecule has 214 valence electrons. The Morgan fingerprint density at radius 2 is 1.77 bits per heavy atom. The van der Waals surface area contributed by atoms with Crippen molar-refractivity contribution in [3.63, 3.8) is 0 Å². The van der Waals surface area contributed by atoms with Gasteiger partial charge in [0.05, 0.1) is 40.5 Å². The SMILES string of the molecule is CCS(=O)(=O)c1ccc([C@H](CO)NC(=O)c2nc(C(C)(C)C)n(Cc3ccc(C#N)cc3C(F)(F)F)c2C)cc1. The Morgan fingerprint density at radius 3 is 2.27 bits per heavy atom. The lowest BCUT2D eigenvalue weighted by atomic mass is 9.95. The summed E-state index contributed by atoms with van der Waals surface area (Å²) in [5.41, 5.74) is -1.03. The predicted octanol–water partition coefficient (Wildman–Crippen LogP) is 4.68. The standard InChI is InChI=1S/C28H31F3N4O4S/c1-6-40(38,39)21-11-9-19(10-12-21)23(16-36)33-25(37)24-17(2)35(26(34-24)27(3,4)5)15-20-8-7-18(14-32)13-22(20)28(29,30)31/h7-13,23,36H,6,15-16H2,1-5H3,(H,33,37)/t23-/m0/s1. The summed E-state index contributed by atoms with van der Waals surface area (Å²) in [5.74, 6) is -0.346. The number of hydrogen-bond acceptors (Lipinski definition) is 6. The van der Waals surface area contributed by atoms with Crippen molar-refractivity contribution < 1.29 is 31.5 Å². The third-order valence-electron chi connectivity index (χ3n) is 6.49. The van der Waals surface area contributed by atoms with E-state index in [0.29, 0.717) is 17.1 Å². The van der Waals surface area contributed by atoms with Gasteiger partial charge < -0.3 is 15.0 Å². The van der Waals surface area contributed by atoms with Crippen LogP contribution in [0.5, 0.6) is 0 Å². The number of aliphatic hydroxyl groups is 1. The molecule has 2 N–H and O–H groups in total. The van der Waals surface area contributed by atoms with Crippen molar-refractivity contribution in [2.45, 2.75) is 63.7 Å². The van der Waals surface area contributed by atoms with Gasteiger partial charge in [-0.3, -0.25) is 4.79 Å². The maximum atomic E-state index is 13.8. The summed E-state index contributed by atoms with van der Waals surface area (Å²) >= 11 is 0. The molecule has 40 heavy (non-hydrogen) atoms. The van der Waals surface area contributed by atoms with Crippen molar-refractivity contribution in [2.24, 2.45) is 0 Å². The number of aromatic nitrogens is 2. The zero-order valence-electron chi connectivity index (χ0n) is 22.8. The summed E-state index contributed by atoms with van der Waals surface area (Å²) in [6.45, 7) is 7.83. The monoisotopic (exact) mass is 576 g/mol. The molecule has 1 atom stereocenters. The number of amides is 1. The fourth-order valence-corrected chi connectivity index (χ4v) is 5.15. The normalized spacial score (nSPS) is 13.1. The molecule has 0 unspecified atom stereocenters. The van der Waals surface area contributed by atoms with E-state index in [-0.39, 0.29) is 34.0 Å². The molecule has 3 aromatic rings. The predicted molar refractivity (Wildman–Crippen MR) is 142 cm³/mol. The zero-order valence-corrected chi connectivity index (χ0v) is 23.6. The number of imidazole rings is 1. The lowest BCUT2D eigenvalue weighted by Crippen LogP contribution is -2.31. The topological polar surface area (TPSA) is 125 Å². The van der Waals surface area contributed by atoms with Crippen LogP contribution in [0.1, 0.15) is 78.0 Å². The molecular weight excluding hydrogens is 545 g/mol. The largest absolute Gasteiger partial charge is 0.416 e. The van der Waals surface area contributed by atoms with Gasteiger partial charge in [-0.25, -0.2) is 13.4 Å². The first-order valence-electron chi connectivity index (χ1n) is 12.5. The summed E-state index contributed by atoms with van der Waals surface area (Å²) in [4.78, 5) is 17.9. The molecule has 0 spiro atoms. The second-order valence-corrected chi connectivity index (χ2v) is 12.6. The molecule has 0 fully saturated rings. The Morgan fingerprint density at radius 1 is 1.15 bits per heavy atom. The van der Waals surface area contributed by atoms with Gasteiger partial charge in [0.15, 0.2) is 9.84 Å². The van der Waals surface area contributed by atoms with E-state index < -0.39 is 45.5 Å². The molecule has 0 aliphatic heterocycles. The number of sulfone groups is 1. The first-order valence-corrected chi connectivity index (χ1v) is 14.1. The van der Waals surface area contributed by atoms with E-state index in [1.807, 2.05) is 20.8 Å². The molecule has 0 saturated heterocycles. The third kappa shape index (κ3) is 6.54. The number of hydrogen-bond donors (Lipinski definition) is 2. The third-order valence-corrected chi connectivity index (χ3v) is 8.24. The molecule has 0 aliphatic rings. The summed E-state index contributed by atoms with van der Waals surface area (Å²) in [5, 5.41) is 21.7. The highest BCUT2D eigenvalue weighted by Crippen LogP contribution is 2.34. The molecule has 2 aromatic carbocycles. The quantitative estimate of drug-likeness (QED) is 0.401. The van der Waals surface area contributed by atoms with Crippen LogP contribution in [0.4, 0.5) is 13.2 Å². The first kappa shape index (κ1) is 30.8. The number of carbonyl (C=O) groups is 1. The highest BCUT2D eigenvalue weighted by atomic mass is 32.2. The molecule has 1 amide bonds. The van der Waals surface area contributed by atoms with Crippen molar-refractivity contribution >= 4 is 15.7 Å². The van der Waals surface area contributed by atoms with Crippen molar-refractivity contribution in [2.75, 3.05) is 12.4 Å². The smallest absolute Gasteiger partial charge is 0.394 e. The number of nitrogens with one attached hydrogen (secondary N) is 1. The number of rotatable bonds is 8. The molecule has 1 aromatic heterocycles. The van der Waals surface area contributed by atoms with E-state index in [0.717, 1.165) is 6.07 Å². The Labute approximate surface area is 231 Å². The van der Waals surface area contributed by atoms with Gasteiger partial charge in [-0.15, -0.1) is 0 Å². The van der Waals surface area contributed by atoms with E-state index in [1.54, 1.807) is 17.6 Å². The van der Waals surface area contributed by atoms with Gasteiger partial charge >= 0.3 is 6.18 Å². The van der Waals surface area contributed by atoms with Crippen LogP contribution in [-0.4, -0.2) is 41.3 Å². The van der Waals surface area contributed by atoms with Gasteiger partial charge in [0.1, 0.15) is 11.5 Å². The van der Waals surface area contributed by atoms with E-state index >= 15 is 0 Å². The highest BCUT2D eigenvalue weighted by Gasteiger charge is 2.35. The minimum absolute atomic E-state index is 0.0178. The van der Waals surface area contributed by atoms with Crippen LogP contribution in [0.15, 0.2) is 47.4 Å². The molecule has 12 heteroatoms. The minimum atomic E-state index is -4.70. The number of benzene rings is 2. The second-order valence-electron chi connectivity index (χ2n) is 10.4. The average molecular weight is 577 g/mol. The van der Waals surface area contributed by atoms with Gasteiger partial charge in [-0.2, -0.15) is 18.4 Å². The van der Waals surface area contributed by atoms with Crippen LogP contribution in [0, 0.1) is 18.3 Å². The molecule has 0 bridgehead atoms. The summed E-state index contributed by atoms with van der Waals surface area (Å²) in [6.07, 6.45) is -4.70. The summed E-state index contributed by atoms with van der Waals surface area (Å²) in [7, 11) is -3.43. The first-order chi connectivity index (χ1) is 18.5. The van der Waals surface area contributed by atoms with E-state index in [2.05, 4.69) is 10.3 Å². The highest BCUT2D eigenvalue weighted by molar-refractivity contribution is 7.91. The second kappa shape index (κ2) is 11.4. The fourth-order valence-electron chi connectivity index (χ4n) is 4.27. The van der Waals surface area contributed by atoms with Crippen LogP contribution >= 0.6 is 0 Å². The van der Waals surface area contributed by atoms with Crippen molar-refractivity contribution in [3.05, 3.63) is 81.9 Å². The molecule has 0 aliphatic carbocycles. The maximum absolute atomic E-state index is 13.8. The number of aliphatic hydroxyl groups excluding tert-OH is 1. The molecule has 0 radical (unpaired) electrons. The number of halogens is 3. The van der Waals surface area contributed by atoms with Gasteiger partial charge in [0.25, 0.3) is 5.91 Å². The van der Waals surface area contributed by atoms with Gasteiger partial charge in [-0.05, 0) is 42.3 Å². The van der Waals surface area contributed by atoms with Crippen LogP contribution < -0.4 is 5.32 Å². The van der Waals surface area contributed by atoms with E-state index in [9.17, 15) is 31.5 Å². The molecule has 0 saturated carbocycles. The fraction of sp³-hybridized carbons (Fsp3) is 0.393. The Kier molecular flexibility index (Phi) is 8.81. The number of alkyl halides is 3. The molecule has 3 rings (SSSR count). The van der Waals surface area contributed by atoms with E-state index in [4.69, 9.17) is 5.26 Å². The van der Waals surface area contributed by atoms with Crippen LogP contribution in [0.2, 0.25) is 0 Å². The summed E-state index contributed by atoms with van der Waals surface area (Å²) in [6, 6.07) is 9.99. The van der Waals surface area contributed by atoms with Gasteiger partial charge in [0, 0.05) is 17.7 Å². The number of nitrogens with zero attached hydrogens (tertiary/aromatic N) is 3. The number of nitriles is 1. The Balaban J connectivity index is 2.00. The van der Waals surface area contributed by atoms with Crippen molar-refractivity contribution in [1.82, 2.24) is 14.9 Å². The van der Waals surface area contributed by atoms with Crippen LogP contribution in [-0.2, 0) is 28.0 Å². The summed E-state index contributed by atoms with van der Waals surface area (Å²) < 4.78 is 67.2. The maximum Gasteiger partial charge on any atom is 0.416 e. The van der Waals surface area contributed by atoms with E-state index in [1.165, 1.54) is 43.3 Å². The molecule has 8 nitrogen and oxygen atoms in total. The zero-order chi connectivity index (χ0) is 30.0. The lowest BCUT2D eigenvalue weighted by Gasteiger charge is -2.22. The molecular formula is C28H31F3N4O4S. The van der Waals surface area contributed by atoms with Crippen molar-refractivity contribution in [1.29, 1.82) is 5.26 Å². The number of carbonyl (C=O) groups excluding carboxylic acids is 1. The van der Waals surface area contributed by atoms with Gasteiger partial charge in [0.2, 0.25) is 0 Å². The van der Waals surface area contributed by atoms with Crippen molar-refractivity contribution in [3.8, 4) is 6.07 Å². The molecule has 1 heterocycles. The average Bonchev–Trinajstić information content (AvgIpc) is 3.23. The van der Waals surface area contributed by atoms with Gasteiger partial charge in [-0.1, -0.05) is 45.9 Å². The lowest BCUT2D eigenvalue weighted by molar-refractivity contribution is -0.138. The Hall–Kier alpha value is -3.69. The minimum Gasteiger partial charge on any atom is -0.394 e. The van der Waals surface area contributed by atoms with Crippen LogP contribution in [0.3, 0.4) is 0 Å². The Bertz CT molecular complexity index is 1550. The van der Waals surface area contributed by atoms with Crippen LogP contribution in [0.25, 0.3) is 0 Å².